The van der Waals surface area contributed by atoms with E-state index in [1.807, 2.05) is 66.7 Å². The third kappa shape index (κ3) is 4.20. The Morgan fingerprint density at radius 1 is 0.941 bits per heavy atom. The third-order valence-corrected chi connectivity index (χ3v) is 5.78. The van der Waals surface area contributed by atoms with Crippen molar-refractivity contribution in [2.24, 2.45) is 0 Å². The number of pyridine rings is 1. The molecule has 3 aromatic carbocycles. The van der Waals surface area contributed by atoms with Crippen molar-refractivity contribution >= 4 is 16.8 Å². The van der Waals surface area contributed by atoms with Crippen molar-refractivity contribution in [3.05, 3.63) is 77.9 Å². The number of nitrogens with one attached hydrogen (secondary N) is 1. The van der Waals surface area contributed by atoms with Crippen LogP contribution >= 0.6 is 0 Å². The lowest BCUT2D eigenvalue weighted by Crippen LogP contribution is -2.26. The zero-order valence-corrected chi connectivity index (χ0v) is 19.0. The highest BCUT2D eigenvalue weighted by molar-refractivity contribution is 6.07. The second-order valence-electron chi connectivity index (χ2n) is 7.84. The number of carbonyl (C=O) groups excluding carboxylic acids is 1. The molecular formula is C27H24N2O5. The van der Waals surface area contributed by atoms with E-state index < -0.39 is 0 Å². The average Bonchev–Trinajstić information content (AvgIpc) is 3.36. The Bertz CT molecular complexity index is 1370. The van der Waals surface area contributed by atoms with Crippen molar-refractivity contribution in [2.75, 3.05) is 27.6 Å². The third-order valence-electron chi connectivity index (χ3n) is 5.78. The SMILES string of the molecule is COc1ccc(CCNC(=O)c2cc(-c3ccc4c(c3)OCO4)nc3ccccc23)cc1OC. The summed E-state index contributed by atoms with van der Waals surface area (Å²) in [4.78, 5) is 18.0. The molecule has 1 aliphatic heterocycles. The molecule has 4 aromatic rings. The molecule has 1 aromatic heterocycles. The molecule has 1 N–H and O–H groups in total. The van der Waals surface area contributed by atoms with Crippen LogP contribution in [0.1, 0.15) is 15.9 Å². The van der Waals surface area contributed by atoms with Gasteiger partial charge in [0.2, 0.25) is 6.79 Å². The van der Waals surface area contributed by atoms with Crippen molar-refractivity contribution < 1.29 is 23.7 Å². The van der Waals surface area contributed by atoms with E-state index in [2.05, 4.69) is 5.32 Å². The van der Waals surface area contributed by atoms with Gasteiger partial charge in [0, 0.05) is 17.5 Å². The van der Waals surface area contributed by atoms with Crippen LogP contribution in [0.2, 0.25) is 0 Å². The van der Waals surface area contributed by atoms with E-state index in [-0.39, 0.29) is 12.7 Å². The lowest BCUT2D eigenvalue weighted by Gasteiger charge is -2.12. The van der Waals surface area contributed by atoms with Gasteiger partial charge in [-0.1, -0.05) is 24.3 Å². The van der Waals surface area contributed by atoms with Crippen LogP contribution in [0.5, 0.6) is 23.0 Å². The summed E-state index contributed by atoms with van der Waals surface area (Å²) in [5.41, 5.74) is 3.92. The van der Waals surface area contributed by atoms with Gasteiger partial charge in [0.15, 0.2) is 23.0 Å². The van der Waals surface area contributed by atoms with E-state index >= 15 is 0 Å². The summed E-state index contributed by atoms with van der Waals surface area (Å²) >= 11 is 0. The predicted molar refractivity (Wildman–Crippen MR) is 129 cm³/mol. The van der Waals surface area contributed by atoms with E-state index in [0.717, 1.165) is 22.0 Å². The van der Waals surface area contributed by atoms with Crippen LogP contribution < -0.4 is 24.3 Å². The highest BCUT2D eigenvalue weighted by Crippen LogP contribution is 2.36. The van der Waals surface area contributed by atoms with E-state index in [0.29, 0.717) is 47.2 Å². The number of benzene rings is 3. The van der Waals surface area contributed by atoms with Gasteiger partial charge < -0.3 is 24.3 Å². The summed E-state index contributed by atoms with van der Waals surface area (Å²) in [6, 6.07) is 20.9. The van der Waals surface area contributed by atoms with Gasteiger partial charge in [-0.25, -0.2) is 4.98 Å². The lowest BCUT2D eigenvalue weighted by molar-refractivity contribution is 0.0955. The predicted octanol–water partition coefficient (Wildman–Crippen LogP) is 4.62. The van der Waals surface area contributed by atoms with Gasteiger partial charge in [0.1, 0.15) is 0 Å². The quantitative estimate of drug-likeness (QED) is 0.437. The number of rotatable bonds is 7. The Morgan fingerprint density at radius 2 is 1.76 bits per heavy atom. The first-order valence-electron chi connectivity index (χ1n) is 10.9. The summed E-state index contributed by atoms with van der Waals surface area (Å²) in [5.74, 6) is 2.57. The number of hydrogen-bond acceptors (Lipinski definition) is 6. The highest BCUT2D eigenvalue weighted by atomic mass is 16.7. The van der Waals surface area contributed by atoms with Gasteiger partial charge in [-0.15, -0.1) is 0 Å². The second kappa shape index (κ2) is 9.31. The molecule has 172 valence electrons. The van der Waals surface area contributed by atoms with Gasteiger partial charge in [-0.2, -0.15) is 0 Å². The van der Waals surface area contributed by atoms with Crippen molar-refractivity contribution in [3.63, 3.8) is 0 Å². The fourth-order valence-corrected chi connectivity index (χ4v) is 4.02. The van der Waals surface area contributed by atoms with Crippen LogP contribution in [0.15, 0.2) is 66.7 Å². The summed E-state index contributed by atoms with van der Waals surface area (Å²) in [6.45, 7) is 0.683. The first kappa shape index (κ1) is 21.6. The Labute approximate surface area is 197 Å². The largest absolute Gasteiger partial charge is 0.493 e. The number of carbonyl (C=O) groups is 1. The Hall–Kier alpha value is -4.26. The van der Waals surface area contributed by atoms with Crippen LogP contribution in [-0.4, -0.2) is 38.4 Å². The van der Waals surface area contributed by atoms with Gasteiger partial charge >= 0.3 is 0 Å². The molecule has 1 aliphatic rings. The van der Waals surface area contributed by atoms with Crippen molar-refractivity contribution in [1.82, 2.24) is 10.3 Å². The summed E-state index contributed by atoms with van der Waals surface area (Å²) < 4.78 is 21.6. The molecule has 0 saturated carbocycles. The van der Waals surface area contributed by atoms with Crippen LogP contribution in [0.4, 0.5) is 0 Å². The van der Waals surface area contributed by atoms with Gasteiger partial charge in [-0.3, -0.25) is 4.79 Å². The molecule has 34 heavy (non-hydrogen) atoms. The molecular weight excluding hydrogens is 432 g/mol. The summed E-state index contributed by atoms with van der Waals surface area (Å²) in [7, 11) is 3.21. The van der Waals surface area contributed by atoms with Crippen molar-refractivity contribution in [3.8, 4) is 34.3 Å². The zero-order chi connectivity index (χ0) is 23.5. The minimum Gasteiger partial charge on any atom is -0.493 e. The van der Waals surface area contributed by atoms with Crippen LogP contribution in [0.3, 0.4) is 0 Å². The normalized spacial score (nSPS) is 11.9. The Balaban J connectivity index is 1.39. The summed E-state index contributed by atoms with van der Waals surface area (Å²) in [6.07, 6.45) is 0.657. The van der Waals surface area contributed by atoms with E-state index in [4.69, 9.17) is 23.9 Å². The molecule has 0 spiro atoms. The highest BCUT2D eigenvalue weighted by Gasteiger charge is 2.17. The number of nitrogens with zero attached hydrogens (tertiary/aromatic N) is 1. The van der Waals surface area contributed by atoms with Crippen molar-refractivity contribution in [2.45, 2.75) is 6.42 Å². The number of para-hydroxylation sites is 1. The van der Waals surface area contributed by atoms with Crippen LogP contribution in [-0.2, 0) is 6.42 Å². The average molecular weight is 456 g/mol. The topological polar surface area (TPSA) is 78.9 Å². The molecule has 1 amide bonds. The fraction of sp³-hybridized carbons (Fsp3) is 0.185. The van der Waals surface area contributed by atoms with Gasteiger partial charge in [-0.05, 0) is 54.4 Å². The maximum absolute atomic E-state index is 13.2. The fourth-order valence-electron chi connectivity index (χ4n) is 4.02. The molecule has 0 aliphatic carbocycles. The first-order chi connectivity index (χ1) is 16.7. The smallest absolute Gasteiger partial charge is 0.252 e. The molecule has 0 unspecified atom stereocenters. The number of ether oxygens (including phenoxy) is 4. The Morgan fingerprint density at radius 3 is 2.62 bits per heavy atom. The number of aromatic nitrogens is 1. The van der Waals surface area contributed by atoms with E-state index in [9.17, 15) is 4.79 Å². The first-order valence-corrected chi connectivity index (χ1v) is 10.9. The minimum atomic E-state index is -0.152. The molecule has 0 atom stereocenters. The van der Waals surface area contributed by atoms with Crippen LogP contribution in [0, 0.1) is 0 Å². The molecule has 0 bridgehead atoms. The standard InChI is InChI=1S/C27H24N2O5/c1-31-23-9-7-17(13-25(23)32-2)11-12-28-27(30)20-15-22(29-21-6-4-3-5-19(20)21)18-8-10-24-26(14-18)34-16-33-24/h3-10,13-15H,11-12,16H2,1-2H3,(H,28,30). The Kier molecular flexibility index (Phi) is 5.91. The van der Waals surface area contributed by atoms with Gasteiger partial charge in [0.05, 0.1) is 31.0 Å². The number of amides is 1. The maximum atomic E-state index is 13.2. The van der Waals surface area contributed by atoms with Crippen LogP contribution in [0.25, 0.3) is 22.2 Å². The maximum Gasteiger partial charge on any atom is 0.252 e. The lowest BCUT2D eigenvalue weighted by atomic mass is 10.0. The monoisotopic (exact) mass is 456 g/mol. The van der Waals surface area contributed by atoms with Gasteiger partial charge in [0.25, 0.3) is 5.91 Å². The zero-order valence-electron chi connectivity index (χ0n) is 19.0. The molecule has 2 heterocycles. The van der Waals surface area contributed by atoms with Crippen molar-refractivity contribution in [1.29, 1.82) is 0 Å². The van der Waals surface area contributed by atoms with E-state index in [1.165, 1.54) is 0 Å². The summed E-state index contributed by atoms with van der Waals surface area (Å²) in [5, 5.41) is 3.84. The molecule has 0 fully saturated rings. The molecule has 7 heteroatoms. The second-order valence-corrected chi connectivity index (χ2v) is 7.84. The van der Waals surface area contributed by atoms with E-state index in [1.54, 1.807) is 14.2 Å². The molecule has 5 rings (SSSR count). The number of methoxy groups -OCH3 is 2. The molecule has 0 radical (unpaired) electrons. The molecule has 7 nitrogen and oxygen atoms in total. The number of fused-ring (bicyclic) bond motifs is 2. The number of hydrogen-bond donors (Lipinski definition) is 1. The molecule has 0 saturated heterocycles. The minimum absolute atomic E-state index is 0.152.